The summed E-state index contributed by atoms with van der Waals surface area (Å²) in [6.45, 7) is 6.22. The molecule has 0 saturated heterocycles. The van der Waals surface area contributed by atoms with E-state index in [2.05, 4.69) is 13.8 Å². The highest BCUT2D eigenvalue weighted by molar-refractivity contribution is 8.14. The third kappa shape index (κ3) is 4.19. The predicted octanol–water partition coefficient (Wildman–Crippen LogP) is 2.52. The van der Waals surface area contributed by atoms with E-state index < -0.39 is 0 Å². The van der Waals surface area contributed by atoms with E-state index in [0.29, 0.717) is 5.25 Å². The lowest BCUT2D eigenvalue weighted by Gasteiger charge is -2.01. The van der Waals surface area contributed by atoms with Gasteiger partial charge in [-0.05, 0) is 6.42 Å². The number of thioether (sulfide) groups is 1. The molecule has 0 aliphatic rings. The third-order valence-corrected chi connectivity index (χ3v) is 1.74. The monoisotopic (exact) mass is 131 g/mol. The Labute approximate surface area is 55.4 Å². The normalized spacial score (nSPS) is 10.0. The zero-order valence-corrected chi connectivity index (χ0v) is 6.51. The van der Waals surface area contributed by atoms with Gasteiger partial charge in [-0.3, -0.25) is 5.41 Å². The van der Waals surface area contributed by atoms with Crippen molar-refractivity contribution in [1.82, 2.24) is 0 Å². The molecule has 0 aliphatic carbocycles. The lowest BCUT2D eigenvalue weighted by atomic mass is 10.5. The average molecular weight is 131 g/mol. The van der Waals surface area contributed by atoms with Crippen LogP contribution in [0.4, 0.5) is 0 Å². The third-order valence-electron chi connectivity index (χ3n) is 0.699. The second-order valence-electron chi connectivity index (χ2n) is 1.94. The average Bonchev–Trinajstić information content (AvgIpc) is 1.65. The van der Waals surface area contributed by atoms with E-state index in [-0.39, 0.29) is 0 Å². The largest absolute Gasteiger partial charge is 0.298 e. The Morgan fingerprint density at radius 2 is 2.12 bits per heavy atom. The van der Waals surface area contributed by atoms with E-state index in [9.17, 15) is 0 Å². The number of hydrogen-bond acceptors (Lipinski definition) is 2. The van der Waals surface area contributed by atoms with Gasteiger partial charge in [-0.2, -0.15) is 0 Å². The fourth-order valence-corrected chi connectivity index (χ4v) is 1.10. The second kappa shape index (κ2) is 3.96. The smallest absolute Gasteiger partial charge is 0.0641 e. The molecule has 2 heteroatoms. The van der Waals surface area contributed by atoms with Gasteiger partial charge in [0, 0.05) is 5.25 Å². The van der Waals surface area contributed by atoms with Crippen molar-refractivity contribution in [2.45, 2.75) is 32.4 Å². The summed E-state index contributed by atoms with van der Waals surface area (Å²) in [5, 5.41) is 8.59. The molecule has 0 unspecified atom stereocenters. The lowest BCUT2D eigenvalue weighted by Crippen LogP contribution is -1.93. The van der Waals surface area contributed by atoms with Crippen LogP contribution in [-0.2, 0) is 0 Å². The summed E-state index contributed by atoms with van der Waals surface area (Å²) in [6.07, 6.45) is 0.878. The Kier molecular flexibility index (Phi) is 3.97. The lowest BCUT2D eigenvalue weighted by molar-refractivity contribution is 1.12. The van der Waals surface area contributed by atoms with Gasteiger partial charge in [-0.1, -0.05) is 20.8 Å². The fourth-order valence-electron chi connectivity index (χ4n) is 0.368. The van der Waals surface area contributed by atoms with Gasteiger partial charge < -0.3 is 0 Å². The highest BCUT2D eigenvalue weighted by Crippen LogP contribution is 2.11. The van der Waals surface area contributed by atoms with Crippen molar-refractivity contribution in [2.24, 2.45) is 0 Å². The quantitative estimate of drug-likeness (QED) is 0.452. The molecule has 1 N–H and O–H groups in total. The maximum atomic E-state index is 7.23. The van der Waals surface area contributed by atoms with E-state index in [1.165, 1.54) is 0 Å². The van der Waals surface area contributed by atoms with E-state index >= 15 is 0 Å². The van der Waals surface area contributed by atoms with Crippen molar-refractivity contribution in [2.75, 3.05) is 0 Å². The summed E-state index contributed by atoms with van der Waals surface area (Å²) in [7, 11) is 0. The van der Waals surface area contributed by atoms with Crippen molar-refractivity contribution in [3.8, 4) is 0 Å². The first-order valence-electron chi connectivity index (χ1n) is 2.91. The Bertz CT molecular complexity index is 78.6. The van der Waals surface area contributed by atoms with Crippen LogP contribution < -0.4 is 0 Å². The van der Waals surface area contributed by atoms with E-state index in [0.717, 1.165) is 11.5 Å². The zero-order valence-electron chi connectivity index (χ0n) is 5.69. The highest BCUT2D eigenvalue weighted by atomic mass is 32.2. The van der Waals surface area contributed by atoms with Crippen LogP contribution in [0.3, 0.4) is 0 Å². The van der Waals surface area contributed by atoms with Gasteiger partial charge in [-0.15, -0.1) is 11.8 Å². The standard InChI is InChI=1S/C6H13NS/c1-4-6(7)8-5(2)3/h5,7H,4H2,1-3H3. The molecule has 0 bridgehead atoms. The summed E-state index contributed by atoms with van der Waals surface area (Å²) >= 11 is 1.64. The van der Waals surface area contributed by atoms with Crippen LogP contribution in [0.25, 0.3) is 0 Å². The number of rotatable bonds is 2. The van der Waals surface area contributed by atoms with Crippen LogP contribution in [-0.4, -0.2) is 10.3 Å². The molecule has 0 aromatic heterocycles. The van der Waals surface area contributed by atoms with Gasteiger partial charge in [0.1, 0.15) is 0 Å². The molecular weight excluding hydrogens is 118 g/mol. The summed E-state index contributed by atoms with van der Waals surface area (Å²) in [5.74, 6) is 0. The summed E-state index contributed by atoms with van der Waals surface area (Å²) in [4.78, 5) is 0. The Hall–Kier alpha value is 0.0200. The zero-order chi connectivity index (χ0) is 6.57. The molecule has 1 nitrogen and oxygen atoms in total. The minimum absolute atomic E-state index is 0.572. The molecule has 0 radical (unpaired) electrons. The first kappa shape index (κ1) is 8.02. The predicted molar refractivity (Wildman–Crippen MR) is 40.7 cm³/mol. The maximum absolute atomic E-state index is 7.23. The van der Waals surface area contributed by atoms with Gasteiger partial charge in [-0.25, -0.2) is 0 Å². The van der Waals surface area contributed by atoms with Crippen LogP contribution in [0.1, 0.15) is 27.2 Å². The van der Waals surface area contributed by atoms with Crippen LogP contribution in [0.5, 0.6) is 0 Å². The van der Waals surface area contributed by atoms with Crippen molar-refractivity contribution >= 4 is 16.8 Å². The van der Waals surface area contributed by atoms with Crippen LogP contribution >= 0.6 is 11.8 Å². The molecule has 0 heterocycles. The molecule has 0 rings (SSSR count). The van der Waals surface area contributed by atoms with Gasteiger partial charge in [0.2, 0.25) is 0 Å². The van der Waals surface area contributed by atoms with E-state index in [1.54, 1.807) is 11.8 Å². The first-order chi connectivity index (χ1) is 3.66. The number of hydrogen-bond donors (Lipinski definition) is 1. The first-order valence-corrected chi connectivity index (χ1v) is 3.78. The summed E-state index contributed by atoms with van der Waals surface area (Å²) in [5.41, 5.74) is 0. The summed E-state index contributed by atoms with van der Waals surface area (Å²) < 4.78 is 0. The molecule has 0 amide bonds. The van der Waals surface area contributed by atoms with Gasteiger partial charge in [0.25, 0.3) is 0 Å². The van der Waals surface area contributed by atoms with Crippen molar-refractivity contribution in [3.63, 3.8) is 0 Å². The molecule has 0 aliphatic heterocycles. The fraction of sp³-hybridized carbons (Fsp3) is 0.833. The minimum Gasteiger partial charge on any atom is -0.298 e. The molecule has 48 valence electrons. The molecule has 0 aromatic rings. The Morgan fingerprint density at radius 1 is 1.62 bits per heavy atom. The SMILES string of the molecule is CCC(=N)SC(C)C. The molecule has 0 aromatic carbocycles. The van der Waals surface area contributed by atoms with Crippen molar-refractivity contribution < 1.29 is 0 Å². The topological polar surface area (TPSA) is 23.9 Å². The number of nitrogens with one attached hydrogen (secondary N) is 1. The second-order valence-corrected chi connectivity index (χ2v) is 3.61. The van der Waals surface area contributed by atoms with Gasteiger partial charge in [0.05, 0.1) is 5.04 Å². The van der Waals surface area contributed by atoms with Crippen LogP contribution in [0.2, 0.25) is 0 Å². The van der Waals surface area contributed by atoms with Crippen molar-refractivity contribution in [1.29, 1.82) is 5.41 Å². The molecule has 0 saturated carbocycles. The highest BCUT2D eigenvalue weighted by Gasteiger charge is 1.96. The molecule has 0 fully saturated rings. The van der Waals surface area contributed by atoms with E-state index in [4.69, 9.17) is 5.41 Å². The van der Waals surface area contributed by atoms with Crippen molar-refractivity contribution in [3.05, 3.63) is 0 Å². The molecule has 8 heavy (non-hydrogen) atoms. The molecular formula is C6H13NS. The molecule has 0 spiro atoms. The van der Waals surface area contributed by atoms with E-state index in [1.807, 2.05) is 6.92 Å². The summed E-state index contributed by atoms with van der Waals surface area (Å²) in [6, 6.07) is 0. The Morgan fingerprint density at radius 3 is 2.25 bits per heavy atom. The maximum Gasteiger partial charge on any atom is 0.0641 e. The molecule has 0 atom stereocenters. The van der Waals surface area contributed by atoms with Gasteiger partial charge >= 0.3 is 0 Å². The Balaban J connectivity index is 3.25. The van der Waals surface area contributed by atoms with Crippen LogP contribution in [0.15, 0.2) is 0 Å². The minimum atomic E-state index is 0.572. The van der Waals surface area contributed by atoms with Gasteiger partial charge in [0.15, 0.2) is 0 Å². The van der Waals surface area contributed by atoms with Crippen LogP contribution in [0, 0.1) is 5.41 Å².